The molecular formula is C20H19FN2O. The number of halogens is 1. The van der Waals surface area contributed by atoms with Crippen molar-refractivity contribution in [3.63, 3.8) is 0 Å². The van der Waals surface area contributed by atoms with Crippen molar-refractivity contribution in [2.24, 2.45) is 0 Å². The first kappa shape index (κ1) is 16.0. The van der Waals surface area contributed by atoms with Gasteiger partial charge in [-0.2, -0.15) is 0 Å². The van der Waals surface area contributed by atoms with Crippen molar-refractivity contribution >= 4 is 11.5 Å². The molecule has 2 aromatic carbocycles. The van der Waals surface area contributed by atoms with Crippen LogP contribution in [0.5, 0.6) is 0 Å². The Hall–Kier alpha value is -2.88. The Balaban J connectivity index is 1.83. The van der Waals surface area contributed by atoms with E-state index >= 15 is 0 Å². The van der Waals surface area contributed by atoms with Crippen LogP contribution in [-0.2, 0) is 0 Å². The summed E-state index contributed by atoms with van der Waals surface area (Å²) in [4.78, 5) is 12.6. The molecular weight excluding hydrogens is 303 g/mol. The normalized spacial score (nSPS) is 10.6. The van der Waals surface area contributed by atoms with Crippen molar-refractivity contribution in [3.05, 3.63) is 83.4 Å². The number of nitrogens with zero attached hydrogens (tertiary/aromatic N) is 1. The first-order chi connectivity index (χ1) is 11.6. The minimum Gasteiger partial charge on any atom is -0.378 e. The second-order valence-corrected chi connectivity index (χ2v) is 5.74. The highest BCUT2D eigenvalue weighted by molar-refractivity contribution is 6.00. The maximum Gasteiger partial charge on any atom is 0.183 e. The molecule has 3 aromatic rings. The largest absolute Gasteiger partial charge is 0.378 e. The summed E-state index contributed by atoms with van der Waals surface area (Å²) in [6.07, 6.45) is 0. The predicted octanol–water partition coefficient (Wildman–Crippen LogP) is 4.53. The number of rotatable bonds is 5. The smallest absolute Gasteiger partial charge is 0.183 e. The van der Waals surface area contributed by atoms with Gasteiger partial charge in [0, 0.05) is 28.3 Å². The molecule has 3 rings (SSSR count). The molecule has 0 aliphatic carbocycles. The Morgan fingerprint density at radius 2 is 1.71 bits per heavy atom. The van der Waals surface area contributed by atoms with Gasteiger partial charge in [-0.25, -0.2) is 4.39 Å². The van der Waals surface area contributed by atoms with E-state index in [0.717, 1.165) is 22.8 Å². The Morgan fingerprint density at radius 1 is 1.04 bits per heavy atom. The lowest BCUT2D eigenvalue weighted by Crippen LogP contribution is -2.14. The van der Waals surface area contributed by atoms with Crippen LogP contribution in [0.1, 0.15) is 21.7 Å². The highest BCUT2D eigenvalue weighted by atomic mass is 19.1. The zero-order valence-corrected chi connectivity index (χ0v) is 13.7. The molecule has 0 aliphatic heterocycles. The molecule has 122 valence electrons. The van der Waals surface area contributed by atoms with Crippen molar-refractivity contribution in [1.82, 2.24) is 4.57 Å². The van der Waals surface area contributed by atoms with E-state index < -0.39 is 0 Å². The van der Waals surface area contributed by atoms with E-state index in [2.05, 4.69) is 5.32 Å². The van der Waals surface area contributed by atoms with Crippen molar-refractivity contribution in [2.45, 2.75) is 13.8 Å². The van der Waals surface area contributed by atoms with E-state index in [1.54, 1.807) is 12.1 Å². The number of carbonyl (C=O) groups excluding carboxylic acids is 1. The van der Waals surface area contributed by atoms with Crippen molar-refractivity contribution < 1.29 is 9.18 Å². The van der Waals surface area contributed by atoms with Gasteiger partial charge in [0.2, 0.25) is 0 Å². The molecule has 3 nitrogen and oxygen atoms in total. The number of anilines is 1. The first-order valence-corrected chi connectivity index (χ1v) is 7.83. The van der Waals surface area contributed by atoms with Crippen molar-refractivity contribution in [3.8, 4) is 5.69 Å². The van der Waals surface area contributed by atoms with Crippen LogP contribution < -0.4 is 5.32 Å². The third-order valence-corrected chi connectivity index (χ3v) is 4.04. The Morgan fingerprint density at radius 3 is 2.38 bits per heavy atom. The molecule has 0 amide bonds. The second kappa shape index (κ2) is 6.71. The monoisotopic (exact) mass is 322 g/mol. The van der Waals surface area contributed by atoms with E-state index in [1.807, 2.05) is 54.8 Å². The lowest BCUT2D eigenvalue weighted by Gasteiger charge is -2.10. The molecule has 1 heterocycles. The van der Waals surface area contributed by atoms with Crippen LogP contribution in [0.15, 0.2) is 60.7 Å². The summed E-state index contributed by atoms with van der Waals surface area (Å²) in [5.41, 5.74) is 4.25. The predicted molar refractivity (Wildman–Crippen MR) is 94.5 cm³/mol. The lowest BCUT2D eigenvalue weighted by atomic mass is 10.1. The van der Waals surface area contributed by atoms with Crippen LogP contribution in [0.3, 0.4) is 0 Å². The Kier molecular flexibility index (Phi) is 4.47. The quantitative estimate of drug-likeness (QED) is 0.700. The van der Waals surface area contributed by atoms with Crippen molar-refractivity contribution in [2.75, 3.05) is 11.9 Å². The van der Waals surface area contributed by atoms with Crippen LogP contribution >= 0.6 is 0 Å². The van der Waals surface area contributed by atoms with Gasteiger partial charge < -0.3 is 9.88 Å². The van der Waals surface area contributed by atoms with Crippen LogP contribution in [0, 0.1) is 19.7 Å². The Bertz CT molecular complexity index is 851. The standard InChI is InChI=1S/C20H19FN2O/c1-14-12-19(20(24)13-22-17-6-4-3-5-7-17)15(2)23(14)18-10-8-16(21)9-11-18/h3-12,22H,13H2,1-2H3. The van der Waals surface area contributed by atoms with Crippen molar-refractivity contribution in [1.29, 1.82) is 0 Å². The third-order valence-electron chi connectivity index (χ3n) is 4.04. The number of para-hydroxylation sites is 1. The minimum absolute atomic E-state index is 0.0281. The number of hydrogen-bond acceptors (Lipinski definition) is 2. The summed E-state index contributed by atoms with van der Waals surface area (Å²) in [5, 5.41) is 3.14. The van der Waals surface area contributed by atoms with Crippen LogP contribution in [-0.4, -0.2) is 16.9 Å². The van der Waals surface area contributed by atoms with Crippen LogP contribution in [0.25, 0.3) is 5.69 Å². The third kappa shape index (κ3) is 3.23. The van der Waals surface area contributed by atoms with E-state index in [0.29, 0.717) is 5.56 Å². The van der Waals surface area contributed by atoms with Gasteiger partial charge in [-0.3, -0.25) is 4.79 Å². The van der Waals surface area contributed by atoms with E-state index in [4.69, 9.17) is 0 Å². The van der Waals surface area contributed by atoms with Crippen LogP contribution in [0.4, 0.5) is 10.1 Å². The molecule has 0 radical (unpaired) electrons. The molecule has 0 bridgehead atoms. The zero-order chi connectivity index (χ0) is 17.1. The van der Waals surface area contributed by atoms with Gasteiger partial charge in [0.15, 0.2) is 5.78 Å². The molecule has 0 atom stereocenters. The van der Waals surface area contributed by atoms with Gasteiger partial charge in [-0.15, -0.1) is 0 Å². The average Bonchev–Trinajstić information content (AvgIpc) is 2.89. The molecule has 0 fully saturated rings. The molecule has 0 saturated carbocycles. The minimum atomic E-state index is -0.274. The maximum atomic E-state index is 13.1. The number of carbonyl (C=O) groups is 1. The fourth-order valence-electron chi connectivity index (χ4n) is 2.87. The summed E-state index contributed by atoms with van der Waals surface area (Å²) < 4.78 is 15.1. The summed E-state index contributed by atoms with van der Waals surface area (Å²) in [6.45, 7) is 4.08. The van der Waals surface area contributed by atoms with Gasteiger partial charge in [0.05, 0.1) is 6.54 Å². The summed E-state index contributed by atoms with van der Waals surface area (Å²) >= 11 is 0. The van der Waals surface area contributed by atoms with Crippen LogP contribution in [0.2, 0.25) is 0 Å². The van der Waals surface area contributed by atoms with Gasteiger partial charge in [-0.05, 0) is 56.3 Å². The molecule has 1 N–H and O–H groups in total. The fourth-order valence-corrected chi connectivity index (χ4v) is 2.87. The molecule has 0 unspecified atom stereocenters. The van der Waals surface area contributed by atoms with E-state index in [9.17, 15) is 9.18 Å². The lowest BCUT2D eigenvalue weighted by molar-refractivity contribution is 0.101. The number of aryl methyl sites for hydroxylation is 1. The number of nitrogens with one attached hydrogen (secondary N) is 1. The summed E-state index contributed by atoms with van der Waals surface area (Å²) in [7, 11) is 0. The number of aromatic nitrogens is 1. The summed E-state index contributed by atoms with van der Waals surface area (Å²) in [5.74, 6) is -0.245. The number of benzene rings is 2. The molecule has 0 aliphatic rings. The van der Waals surface area contributed by atoms with E-state index in [1.165, 1.54) is 12.1 Å². The number of hydrogen-bond donors (Lipinski definition) is 1. The van der Waals surface area contributed by atoms with Gasteiger partial charge >= 0.3 is 0 Å². The van der Waals surface area contributed by atoms with E-state index in [-0.39, 0.29) is 18.1 Å². The SMILES string of the molecule is Cc1cc(C(=O)CNc2ccccc2)c(C)n1-c1ccc(F)cc1. The van der Waals surface area contributed by atoms with Gasteiger partial charge in [0.25, 0.3) is 0 Å². The zero-order valence-electron chi connectivity index (χ0n) is 13.7. The average molecular weight is 322 g/mol. The highest BCUT2D eigenvalue weighted by Gasteiger charge is 2.16. The maximum absolute atomic E-state index is 13.1. The first-order valence-electron chi connectivity index (χ1n) is 7.83. The molecule has 1 aromatic heterocycles. The molecule has 0 saturated heterocycles. The molecule has 4 heteroatoms. The molecule has 24 heavy (non-hydrogen) atoms. The molecule has 0 spiro atoms. The second-order valence-electron chi connectivity index (χ2n) is 5.74. The topological polar surface area (TPSA) is 34.0 Å². The van der Waals surface area contributed by atoms with Gasteiger partial charge in [0.1, 0.15) is 5.82 Å². The highest BCUT2D eigenvalue weighted by Crippen LogP contribution is 2.21. The Labute approximate surface area is 140 Å². The number of Topliss-reactive ketones (excluding diaryl/α,β-unsaturated/α-hetero) is 1. The number of ketones is 1. The van der Waals surface area contributed by atoms with Gasteiger partial charge in [-0.1, -0.05) is 18.2 Å². The summed E-state index contributed by atoms with van der Waals surface area (Å²) in [6, 6.07) is 17.8. The fraction of sp³-hybridized carbons (Fsp3) is 0.150.